The van der Waals surface area contributed by atoms with Crippen LogP contribution in [0.1, 0.15) is 37.4 Å². The number of nitrogens with zero attached hydrogens (tertiary/aromatic N) is 1. The Morgan fingerprint density at radius 1 is 1.47 bits per heavy atom. The average molecular weight is 265 g/mol. The summed E-state index contributed by atoms with van der Waals surface area (Å²) >= 11 is 3.42. The van der Waals surface area contributed by atoms with Crippen LogP contribution in [-0.4, -0.2) is 10.8 Å². The minimum atomic E-state index is 0.170. The third kappa shape index (κ3) is 2.82. The predicted molar refractivity (Wildman–Crippen MR) is 73.9 cm³/mol. The molecule has 17 heavy (non-hydrogen) atoms. The van der Waals surface area contributed by atoms with Crippen LogP contribution in [0.25, 0.3) is 9.75 Å². The Balaban J connectivity index is 2.44. The maximum Gasteiger partial charge on any atom is 0.135 e. The molecule has 2 nitrogen and oxygen atoms in total. The molecule has 0 aliphatic heterocycles. The first-order valence-electron chi connectivity index (χ1n) is 5.61. The van der Waals surface area contributed by atoms with Crippen LogP contribution in [0.15, 0.2) is 17.5 Å². The van der Waals surface area contributed by atoms with E-state index >= 15 is 0 Å². The molecule has 0 aliphatic carbocycles. The van der Waals surface area contributed by atoms with Gasteiger partial charge in [0.05, 0.1) is 15.6 Å². The second-order valence-electron chi connectivity index (χ2n) is 4.34. The zero-order chi connectivity index (χ0) is 12.4. The van der Waals surface area contributed by atoms with Crippen molar-refractivity contribution in [1.82, 2.24) is 4.98 Å². The van der Waals surface area contributed by atoms with Gasteiger partial charge >= 0.3 is 0 Å². The van der Waals surface area contributed by atoms with Gasteiger partial charge in [-0.15, -0.1) is 22.7 Å². The molecular formula is C13H15NOS2. The molecule has 4 heteroatoms. The van der Waals surface area contributed by atoms with Crippen LogP contribution in [0.3, 0.4) is 0 Å². The van der Waals surface area contributed by atoms with Gasteiger partial charge in [0.15, 0.2) is 0 Å². The lowest BCUT2D eigenvalue weighted by Crippen LogP contribution is -1.98. The summed E-state index contributed by atoms with van der Waals surface area (Å²) in [5.74, 6) is 0.586. The van der Waals surface area contributed by atoms with E-state index in [9.17, 15) is 4.79 Å². The van der Waals surface area contributed by atoms with Crippen LogP contribution in [0.4, 0.5) is 0 Å². The highest BCUT2D eigenvalue weighted by molar-refractivity contribution is 7.21. The molecule has 0 fully saturated rings. The number of aromatic nitrogens is 1. The molecule has 0 radical (unpaired) electrons. The predicted octanol–water partition coefficient (Wildman–Crippen LogP) is 4.13. The highest BCUT2D eigenvalue weighted by Gasteiger charge is 2.16. The van der Waals surface area contributed by atoms with Gasteiger partial charge in [-0.05, 0) is 18.4 Å². The lowest BCUT2D eigenvalue weighted by atomic mass is 10.2. The summed E-state index contributed by atoms with van der Waals surface area (Å²) in [4.78, 5) is 18.3. The van der Waals surface area contributed by atoms with Crippen molar-refractivity contribution < 1.29 is 4.79 Å². The van der Waals surface area contributed by atoms with Crippen molar-refractivity contribution in [3.05, 3.63) is 28.2 Å². The Morgan fingerprint density at radius 3 is 2.76 bits per heavy atom. The minimum absolute atomic E-state index is 0.170. The summed E-state index contributed by atoms with van der Waals surface area (Å²) in [5.41, 5.74) is 0.939. The number of hydrogen-bond donors (Lipinski definition) is 0. The van der Waals surface area contributed by atoms with E-state index in [0.717, 1.165) is 10.7 Å². The summed E-state index contributed by atoms with van der Waals surface area (Å²) in [6.45, 7) is 5.88. The zero-order valence-corrected chi connectivity index (χ0v) is 11.8. The lowest BCUT2D eigenvalue weighted by Gasteiger charge is -1.96. The quantitative estimate of drug-likeness (QED) is 0.832. The van der Waals surface area contributed by atoms with Gasteiger partial charge in [-0.1, -0.05) is 19.9 Å². The van der Waals surface area contributed by atoms with Gasteiger partial charge in [-0.2, -0.15) is 0 Å². The van der Waals surface area contributed by atoms with Crippen molar-refractivity contribution in [1.29, 1.82) is 0 Å². The van der Waals surface area contributed by atoms with E-state index in [4.69, 9.17) is 0 Å². The van der Waals surface area contributed by atoms with Crippen molar-refractivity contribution in [3.63, 3.8) is 0 Å². The van der Waals surface area contributed by atoms with Crippen LogP contribution in [0, 0.1) is 0 Å². The molecule has 2 aromatic heterocycles. The monoisotopic (exact) mass is 265 g/mol. The van der Waals surface area contributed by atoms with Crippen LogP contribution in [0.2, 0.25) is 0 Å². The number of Topliss-reactive ketones (excluding diaryl/α,β-unsaturated/α-hetero) is 1. The number of rotatable bonds is 4. The molecule has 0 saturated heterocycles. The Labute approximate surface area is 109 Å². The summed E-state index contributed by atoms with van der Waals surface area (Å²) in [7, 11) is 0. The van der Waals surface area contributed by atoms with Gasteiger partial charge in [0.2, 0.25) is 0 Å². The van der Waals surface area contributed by atoms with Crippen LogP contribution in [-0.2, 0) is 11.2 Å². The van der Waals surface area contributed by atoms with Crippen molar-refractivity contribution >= 4 is 28.5 Å². The molecule has 0 atom stereocenters. The van der Waals surface area contributed by atoms with Gasteiger partial charge < -0.3 is 0 Å². The number of ketones is 1. The zero-order valence-electron chi connectivity index (χ0n) is 10.2. The SMILES string of the molecule is CC(=O)Cc1nc(C(C)C)sc1-c1cccs1. The average Bonchev–Trinajstić information content (AvgIpc) is 2.83. The summed E-state index contributed by atoms with van der Waals surface area (Å²) in [6, 6.07) is 4.12. The highest BCUT2D eigenvalue weighted by atomic mass is 32.1. The third-order valence-electron chi connectivity index (χ3n) is 2.37. The topological polar surface area (TPSA) is 30.0 Å². The van der Waals surface area contributed by atoms with Gasteiger partial charge in [0.1, 0.15) is 5.78 Å². The van der Waals surface area contributed by atoms with Crippen molar-refractivity contribution in [2.45, 2.75) is 33.1 Å². The van der Waals surface area contributed by atoms with Crippen molar-refractivity contribution in [2.24, 2.45) is 0 Å². The maximum absolute atomic E-state index is 11.3. The van der Waals surface area contributed by atoms with Crippen LogP contribution >= 0.6 is 22.7 Å². The van der Waals surface area contributed by atoms with Crippen LogP contribution < -0.4 is 0 Å². The standard InChI is InChI=1S/C13H15NOS2/c1-8(2)13-14-10(7-9(3)15)12(17-13)11-5-4-6-16-11/h4-6,8H,7H2,1-3H3. The maximum atomic E-state index is 11.3. The van der Waals surface area contributed by atoms with E-state index in [1.54, 1.807) is 29.6 Å². The molecule has 2 rings (SSSR count). The van der Waals surface area contributed by atoms with E-state index in [0.29, 0.717) is 12.3 Å². The molecule has 0 spiro atoms. The Hall–Kier alpha value is -1.00. The van der Waals surface area contributed by atoms with Crippen molar-refractivity contribution in [3.8, 4) is 9.75 Å². The fourth-order valence-corrected chi connectivity index (χ4v) is 3.53. The molecule has 0 saturated carbocycles. The van der Waals surface area contributed by atoms with E-state index in [1.165, 1.54) is 9.75 Å². The lowest BCUT2D eigenvalue weighted by molar-refractivity contribution is -0.116. The Bertz CT molecular complexity index is 512. The van der Waals surface area contributed by atoms with E-state index in [2.05, 4.69) is 30.3 Å². The van der Waals surface area contributed by atoms with Crippen LogP contribution in [0.5, 0.6) is 0 Å². The van der Waals surface area contributed by atoms with E-state index in [-0.39, 0.29) is 5.78 Å². The largest absolute Gasteiger partial charge is 0.300 e. The minimum Gasteiger partial charge on any atom is -0.300 e. The molecule has 0 N–H and O–H groups in total. The second-order valence-corrected chi connectivity index (χ2v) is 6.32. The molecule has 90 valence electrons. The first-order valence-corrected chi connectivity index (χ1v) is 7.30. The van der Waals surface area contributed by atoms with E-state index in [1.807, 2.05) is 6.07 Å². The van der Waals surface area contributed by atoms with Gasteiger partial charge in [0, 0.05) is 17.2 Å². The highest BCUT2D eigenvalue weighted by Crippen LogP contribution is 2.36. The Kier molecular flexibility index (Phi) is 3.74. The number of carbonyl (C=O) groups excluding carboxylic acids is 1. The van der Waals surface area contributed by atoms with Crippen molar-refractivity contribution in [2.75, 3.05) is 0 Å². The fourth-order valence-electron chi connectivity index (χ4n) is 1.57. The molecule has 2 aromatic rings. The smallest absolute Gasteiger partial charge is 0.135 e. The number of hydrogen-bond acceptors (Lipinski definition) is 4. The first-order chi connectivity index (χ1) is 8.08. The number of thiazole rings is 1. The summed E-state index contributed by atoms with van der Waals surface area (Å²) in [5, 5.41) is 3.17. The molecule has 0 aromatic carbocycles. The first kappa shape index (κ1) is 12.5. The number of thiophene rings is 1. The van der Waals surface area contributed by atoms with Gasteiger partial charge in [-0.3, -0.25) is 4.79 Å². The third-order valence-corrected chi connectivity index (χ3v) is 4.82. The second kappa shape index (κ2) is 5.10. The van der Waals surface area contributed by atoms with Gasteiger partial charge in [-0.25, -0.2) is 4.98 Å². The molecular weight excluding hydrogens is 250 g/mol. The molecule has 2 heterocycles. The summed E-state index contributed by atoms with van der Waals surface area (Å²) < 4.78 is 0. The summed E-state index contributed by atoms with van der Waals surface area (Å²) in [6.07, 6.45) is 0.441. The molecule has 0 unspecified atom stereocenters. The Morgan fingerprint density at radius 2 is 2.24 bits per heavy atom. The normalized spacial score (nSPS) is 11.1. The van der Waals surface area contributed by atoms with E-state index < -0.39 is 0 Å². The molecule has 0 aliphatic rings. The molecule has 0 bridgehead atoms. The molecule has 0 amide bonds. The number of carbonyl (C=O) groups is 1. The van der Waals surface area contributed by atoms with Gasteiger partial charge in [0.25, 0.3) is 0 Å². The fraction of sp³-hybridized carbons (Fsp3) is 0.385.